The number of aromatic nitrogens is 3. The molecule has 154 valence electrons. The van der Waals surface area contributed by atoms with E-state index in [0.29, 0.717) is 12.2 Å². The van der Waals surface area contributed by atoms with Crippen LogP contribution in [0.5, 0.6) is 11.6 Å². The number of carbonyl (C=O) groups excluding carboxylic acids is 1. The number of H-pyrrole nitrogens is 1. The van der Waals surface area contributed by atoms with Gasteiger partial charge in [-0.25, -0.2) is 9.50 Å². The van der Waals surface area contributed by atoms with E-state index in [1.165, 1.54) is 22.5 Å². The van der Waals surface area contributed by atoms with E-state index in [0.717, 1.165) is 16.7 Å². The molecule has 31 heavy (non-hydrogen) atoms. The van der Waals surface area contributed by atoms with Crippen LogP contribution >= 0.6 is 0 Å². The Bertz CT molecular complexity index is 1420. The van der Waals surface area contributed by atoms with Crippen LogP contribution in [0, 0.1) is 0 Å². The van der Waals surface area contributed by atoms with Crippen molar-refractivity contribution < 1.29 is 19.4 Å². The van der Waals surface area contributed by atoms with Crippen molar-refractivity contribution in [2.75, 3.05) is 6.54 Å². The molecule has 0 radical (unpaired) electrons. The highest BCUT2D eigenvalue weighted by atomic mass is 16.5. The lowest BCUT2D eigenvalue weighted by atomic mass is 10.1. The molecule has 4 aromatic rings. The van der Waals surface area contributed by atoms with Gasteiger partial charge in [0.1, 0.15) is 24.2 Å². The highest BCUT2D eigenvalue weighted by Crippen LogP contribution is 2.42. The SMILES string of the molecule is O=C(O)CNC(=O)c1c(=O)cc(Oc2cccc3c2Cc2ccccc2-3)n2[nH]cnc12. The number of fused-ring (bicyclic) bond motifs is 4. The third-order valence-corrected chi connectivity index (χ3v) is 5.18. The van der Waals surface area contributed by atoms with Crippen molar-refractivity contribution in [3.8, 4) is 22.8 Å². The molecule has 1 aliphatic rings. The fourth-order valence-corrected chi connectivity index (χ4v) is 3.84. The van der Waals surface area contributed by atoms with Gasteiger partial charge < -0.3 is 15.2 Å². The maximum absolute atomic E-state index is 12.7. The van der Waals surface area contributed by atoms with Crippen LogP contribution in [0.3, 0.4) is 0 Å². The first-order valence-electron chi connectivity index (χ1n) is 9.50. The minimum absolute atomic E-state index is 0.0428. The van der Waals surface area contributed by atoms with Crippen LogP contribution in [0.15, 0.2) is 59.7 Å². The van der Waals surface area contributed by atoms with E-state index in [-0.39, 0.29) is 17.1 Å². The van der Waals surface area contributed by atoms with E-state index in [9.17, 15) is 14.4 Å². The topological polar surface area (TPSA) is 126 Å². The first-order valence-corrected chi connectivity index (χ1v) is 9.50. The van der Waals surface area contributed by atoms with Gasteiger partial charge in [0, 0.05) is 18.1 Å². The second-order valence-corrected chi connectivity index (χ2v) is 7.06. The van der Waals surface area contributed by atoms with Crippen molar-refractivity contribution in [3.63, 3.8) is 0 Å². The monoisotopic (exact) mass is 416 g/mol. The van der Waals surface area contributed by atoms with Crippen LogP contribution in [0.2, 0.25) is 0 Å². The minimum Gasteiger partial charge on any atom is -0.480 e. The molecule has 2 heterocycles. The van der Waals surface area contributed by atoms with Crippen molar-refractivity contribution in [3.05, 3.63) is 81.8 Å². The van der Waals surface area contributed by atoms with E-state index in [1.54, 1.807) is 0 Å². The van der Waals surface area contributed by atoms with Crippen molar-refractivity contribution in [2.45, 2.75) is 6.42 Å². The number of hydrogen-bond acceptors (Lipinski definition) is 5. The number of pyridine rings is 1. The highest BCUT2D eigenvalue weighted by Gasteiger charge is 2.24. The molecule has 1 amide bonds. The average Bonchev–Trinajstić information content (AvgIpc) is 3.38. The molecular weight excluding hydrogens is 400 g/mol. The Morgan fingerprint density at radius 3 is 2.81 bits per heavy atom. The van der Waals surface area contributed by atoms with Gasteiger partial charge in [0.25, 0.3) is 5.91 Å². The van der Waals surface area contributed by atoms with Crippen LogP contribution in [0.25, 0.3) is 16.8 Å². The number of ether oxygens (including phenoxy) is 1. The molecule has 0 saturated heterocycles. The summed E-state index contributed by atoms with van der Waals surface area (Å²) in [5, 5.41) is 13.8. The number of aromatic amines is 1. The van der Waals surface area contributed by atoms with Gasteiger partial charge in [0.05, 0.1) is 0 Å². The number of carboxylic acid groups (broad SMARTS) is 1. The summed E-state index contributed by atoms with van der Waals surface area (Å²) in [5.74, 6) is -1.28. The Kier molecular flexibility index (Phi) is 4.28. The molecule has 2 aromatic carbocycles. The molecule has 0 fully saturated rings. The Hall–Kier alpha value is -4.40. The van der Waals surface area contributed by atoms with Gasteiger partial charge in [-0.2, -0.15) is 0 Å². The van der Waals surface area contributed by atoms with Crippen LogP contribution < -0.4 is 15.5 Å². The summed E-state index contributed by atoms with van der Waals surface area (Å²) < 4.78 is 7.48. The number of hydrogen-bond donors (Lipinski definition) is 3. The molecular formula is C22H16N4O5. The van der Waals surface area contributed by atoms with E-state index < -0.39 is 23.9 Å². The summed E-state index contributed by atoms with van der Waals surface area (Å²) in [4.78, 5) is 39.8. The highest BCUT2D eigenvalue weighted by molar-refractivity contribution is 6.00. The Labute approximate surface area is 174 Å². The second-order valence-electron chi connectivity index (χ2n) is 7.06. The molecule has 0 spiro atoms. The maximum Gasteiger partial charge on any atom is 0.322 e. The number of carbonyl (C=O) groups is 2. The molecule has 2 aromatic heterocycles. The average molecular weight is 416 g/mol. The van der Waals surface area contributed by atoms with Crippen molar-refractivity contribution in [1.82, 2.24) is 19.9 Å². The number of benzene rings is 2. The van der Waals surface area contributed by atoms with Crippen molar-refractivity contribution in [2.24, 2.45) is 0 Å². The number of carboxylic acids is 1. The molecule has 1 aliphatic carbocycles. The summed E-state index contributed by atoms with van der Waals surface area (Å²) in [6, 6.07) is 15.0. The zero-order valence-corrected chi connectivity index (χ0v) is 16.1. The number of nitrogens with zero attached hydrogens (tertiary/aromatic N) is 2. The summed E-state index contributed by atoms with van der Waals surface area (Å²) in [6.07, 6.45) is 2.03. The van der Waals surface area contributed by atoms with Gasteiger partial charge in [-0.3, -0.25) is 19.5 Å². The zero-order valence-electron chi connectivity index (χ0n) is 16.1. The lowest BCUT2D eigenvalue weighted by molar-refractivity contribution is -0.135. The van der Waals surface area contributed by atoms with Gasteiger partial charge in [0.15, 0.2) is 5.65 Å². The van der Waals surface area contributed by atoms with E-state index in [4.69, 9.17) is 9.84 Å². The van der Waals surface area contributed by atoms with E-state index >= 15 is 0 Å². The summed E-state index contributed by atoms with van der Waals surface area (Å²) in [7, 11) is 0. The van der Waals surface area contributed by atoms with Crippen LogP contribution in [-0.4, -0.2) is 38.1 Å². The van der Waals surface area contributed by atoms with Gasteiger partial charge >= 0.3 is 5.97 Å². The smallest absolute Gasteiger partial charge is 0.322 e. The Morgan fingerprint density at radius 2 is 1.97 bits per heavy atom. The Balaban J connectivity index is 1.55. The van der Waals surface area contributed by atoms with Gasteiger partial charge in [-0.15, -0.1) is 0 Å². The summed E-state index contributed by atoms with van der Waals surface area (Å²) in [5.41, 5.74) is 3.58. The molecule has 3 N–H and O–H groups in total. The van der Waals surface area contributed by atoms with Crippen molar-refractivity contribution in [1.29, 1.82) is 0 Å². The fourth-order valence-electron chi connectivity index (χ4n) is 3.84. The number of nitrogens with one attached hydrogen (secondary N) is 2. The van der Waals surface area contributed by atoms with E-state index in [1.807, 2.05) is 30.3 Å². The van der Waals surface area contributed by atoms with Crippen LogP contribution in [0.4, 0.5) is 0 Å². The maximum atomic E-state index is 12.7. The van der Waals surface area contributed by atoms with Crippen molar-refractivity contribution >= 4 is 17.5 Å². The van der Waals surface area contributed by atoms with Gasteiger partial charge in [-0.05, 0) is 22.8 Å². The number of amides is 1. The third kappa shape index (κ3) is 3.12. The quantitative estimate of drug-likeness (QED) is 0.403. The first kappa shape index (κ1) is 18.6. The predicted octanol–water partition coefficient (Wildman–Crippen LogP) is 2.20. The Morgan fingerprint density at radius 1 is 1.16 bits per heavy atom. The molecule has 0 atom stereocenters. The predicted molar refractivity (Wildman–Crippen MR) is 111 cm³/mol. The molecule has 9 nitrogen and oxygen atoms in total. The lowest BCUT2D eigenvalue weighted by Gasteiger charge is -2.12. The normalized spacial score (nSPS) is 11.7. The lowest BCUT2D eigenvalue weighted by Crippen LogP contribution is -2.33. The van der Waals surface area contributed by atoms with Crippen LogP contribution in [0.1, 0.15) is 21.5 Å². The molecule has 0 aliphatic heterocycles. The molecule has 5 rings (SSSR count). The largest absolute Gasteiger partial charge is 0.480 e. The summed E-state index contributed by atoms with van der Waals surface area (Å²) in [6.45, 7) is -0.607. The van der Waals surface area contributed by atoms with Gasteiger partial charge in [-0.1, -0.05) is 36.4 Å². The second kappa shape index (κ2) is 7.13. The standard InChI is InChI=1S/C22H16N4O5/c27-16-9-18(26-21(24-11-25-26)20(16)22(30)23-10-19(28)29)31-17-7-3-6-14-13-5-2-1-4-12(13)8-15(14)17/h1-7,9,11H,8,10H2,(H,23,30)(H,24,25)(H,28,29). The van der Waals surface area contributed by atoms with Gasteiger partial charge in [0.2, 0.25) is 11.3 Å². The van der Waals surface area contributed by atoms with Crippen LogP contribution in [-0.2, 0) is 11.2 Å². The molecule has 9 heteroatoms. The number of aliphatic carboxylic acids is 1. The van der Waals surface area contributed by atoms with E-state index in [2.05, 4.69) is 27.5 Å². The fraction of sp³-hybridized carbons (Fsp3) is 0.0909. The summed E-state index contributed by atoms with van der Waals surface area (Å²) >= 11 is 0. The third-order valence-electron chi connectivity index (χ3n) is 5.18. The number of rotatable bonds is 5. The molecule has 0 bridgehead atoms. The molecule has 0 unspecified atom stereocenters. The zero-order chi connectivity index (χ0) is 21.5. The minimum atomic E-state index is -1.22. The first-order chi connectivity index (χ1) is 15.0. The molecule has 0 saturated carbocycles.